The second kappa shape index (κ2) is 8.52. The second-order valence-electron chi connectivity index (χ2n) is 6.40. The van der Waals surface area contributed by atoms with Crippen molar-refractivity contribution in [2.24, 2.45) is 0 Å². The smallest absolute Gasteiger partial charge is 0.0641 e. The average Bonchev–Trinajstić information content (AvgIpc) is 2.59. The topological polar surface area (TPSA) is 51.0 Å². The molecule has 2 N–H and O–H groups in total. The van der Waals surface area contributed by atoms with Gasteiger partial charge in [0.05, 0.1) is 19.8 Å². The molecule has 0 aromatic heterocycles. The monoisotopic (exact) mass is 319 g/mol. The Bertz CT molecular complexity index is 489. The van der Waals surface area contributed by atoms with Gasteiger partial charge in [0.15, 0.2) is 0 Å². The van der Waals surface area contributed by atoms with Gasteiger partial charge in [0.2, 0.25) is 0 Å². The van der Waals surface area contributed by atoms with Crippen LogP contribution >= 0.6 is 0 Å². The molecule has 0 unspecified atom stereocenters. The molecular formula is C18H29N3O2. The number of fused-ring (bicyclic) bond motifs is 1. The van der Waals surface area contributed by atoms with Crippen LogP contribution in [-0.2, 0) is 15.9 Å². The van der Waals surface area contributed by atoms with Crippen molar-refractivity contribution in [1.29, 1.82) is 0 Å². The van der Waals surface area contributed by atoms with Crippen LogP contribution in [0, 0.1) is 0 Å². The zero-order valence-electron chi connectivity index (χ0n) is 14.0. The minimum Gasteiger partial charge on any atom is -0.399 e. The molecule has 3 rings (SSSR count). The van der Waals surface area contributed by atoms with Gasteiger partial charge in [-0.15, -0.1) is 0 Å². The molecular weight excluding hydrogens is 290 g/mol. The summed E-state index contributed by atoms with van der Waals surface area (Å²) in [5, 5.41) is 0. The normalized spacial score (nSPS) is 18.9. The lowest BCUT2D eigenvalue weighted by Gasteiger charge is -2.31. The molecule has 1 fully saturated rings. The predicted octanol–water partition coefficient (Wildman–Crippen LogP) is 1.76. The Balaban J connectivity index is 1.34. The summed E-state index contributed by atoms with van der Waals surface area (Å²) in [5.41, 5.74) is 9.50. The highest BCUT2D eigenvalue weighted by Gasteiger charge is 2.16. The van der Waals surface area contributed by atoms with Crippen molar-refractivity contribution in [3.05, 3.63) is 23.8 Å². The molecule has 0 aliphatic carbocycles. The first-order chi connectivity index (χ1) is 11.3. The van der Waals surface area contributed by atoms with Crippen LogP contribution in [0.5, 0.6) is 0 Å². The van der Waals surface area contributed by atoms with E-state index in [-0.39, 0.29) is 0 Å². The van der Waals surface area contributed by atoms with E-state index in [1.165, 1.54) is 17.7 Å². The highest BCUT2D eigenvalue weighted by Crippen LogP contribution is 2.28. The third-order valence-electron chi connectivity index (χ3n) is 4.70. The lowest BCUT2D eigenvalue weighted by molar-refractivity contribution is 0.0322. The molecule has 0 radical (unpaired) electrons. The fraction of sp³-hybridized carbons (Fsp3) is 0.667. The number of benzene rings is 1. The summed E-state index contributed by atoms with van der Waals surface area (Å²) in [5.74, 6) is 0. The maximum Gasteiger partial charge on any atom is 0.0641 e. The van der Waals surface area contributed by atoms with E-state index in [2.05, 4.69) is 21.9 Å². The molecule has 1 aromatic carbocycles. The van der Waals surface area contributed by atoms with Crippen molar-refractivity contribution in [2.45, 2.75) is 19.3 Å². The largest absolute Gasteiger partial charge is 0.399 e. The van der Waals surface area contributed by atoms with Crippen LogP contribution in [0.2, 0.25) is 0 Å². The Kier molecular flexibility index (Phi) is 6.13. The van der Waals surface area contributed by atoms with Crippen LogP contribution in [-0.4, -0.2) is 64.1 Å². The molecule has 23 heavy (non-hydrogen) atoms. The Morgan fingerprint density at radius 2 is 1.96 bits per heavy atom. The van der Waals surface area contributed by atoms with Gasteiger partial charge in [0, 0.05) is 50.7 Å². The van der Waals surface area contributed by atoms with Crippen molar-refractivity contribution in [3.8, 4) is 0 Å². The Hall–Kier alpha value is -1.30. The molecule has 0 spiro atoms. The number of nitrogens with two attached hydrogens (primary N) is 1. The number of anilines is 2. The SMILES string of the molecule is Nc1ccc2c(c1)N(CCOCCCN1CCOCC1)CCC2. The van der Waals surface area contributed by atoms with Gasteiger partial charge >= 0.3 is 0 Å². The van der Waals surface area contributed by atoms with Crippen molar-refractivity contribution in [2.75, 3.05) is 69.8 Å². The molecule has 1 aromatic rings. The zero-order chi connectivity index (χ0) is 15.9. The van der Waals surface area contributed by atoms with E-state index < -0.39 is 0 Å². The summed E-state index contributed by atoms with van der Waals surface area (Å²) < 4.78 is 11.2. The summed E-state index contributed by atoms with van der Waals surface area (Å²) in [6, 6.07) is 6.28. The summed E-state index contributed by atoms with van der Waals surface area (Å²) in [4.78, 5) is 4.87. The Morgan fingerprint density at radius 1 is 1.09 bits per heavy atom. The molecule has 0 amide bonds. The van der Waals surface area contributed by atoms with Gasteiger partial charge in [-0.1, -0.05) is 6.07 Å². The Labute approximate surface area is 139 Å². The van der Waals surface area contributed by atoms with E-state index in [9.17, 15) is 0 Å². The van der Waals surface area contributed by atoms with Crippen molar-refractivity contribution >= 4 is 11.4 Å². The third-order valence-corrected chi connectivity index (χ3v) is 4.70. The number of aryl methyl sites for hydroxylation is 1. The van der Waals surface area contributed by atoms with Crippen LogP contribution < -0.4 is 10.6 Å². The number of hydrogen-bond acceptors (Lipinski definition) is 5. The fourth-order valence-corrected chi connectivity index (χ4v) is 3.39. The predicted molar refractivity (Wildman–Crippen MR) is 94.1 cm³/mol. The highest BCUT2D eigenvalue weighted by molar-refractivity contribution is 5.62. The van der Waals surface area contributed by atoms with Gasteiger partial charge in [0.25, 0.3) is 0 Å². The van der Waals surface area contributed by atoms with Gasteiger partial charge < -0.3 is 20.1 Å². The number of nitrogens with zero attached hydrogens (tertiary/aromatic N) is 2. The highest BCUT2D eigenvalue weighted by atomic mass is 16.5. The molecule has 1 saturated heterocycles. The minimum atomic E-state index is 0.789. The zero-order valence-corrected chi connectivity index (χ0v) is 14.0. The summed E-state index contributed by atoms with van der Waals surface area (Å²) in [6.45, 7) is 8.68. The second-order valence-corrected chi connectivity index (χ2v) is 6.40. The van der Waals surface area contributed by atoms with E-state index in [0.29, 0.717) is 0 Å². The first kappa shape index (κ1) is 16.6. The molecule has 128 valence electrons. The summed E-state index contributed by atoms with van der Waals surface area (Å²) in [6.07, 6.45) is 3.48. The number of hydrogen-bond donors (Lipinski definition) is 1. The van der Waals surface area contributed by atoms with Crippen molar-refractivity contribution < 1.29 is 9.47 Å². The summed E-state index contributed by atoms with van der Waals surface area (Å²) in [7, 11) is 0. The molecule has 0 bridgehead atoms. The van der Waals surface area contributed by atoms with Crippen molar-refractivity contribution in [1.82, 2.24) is 4.90 Å². The first-order valence-corrected chi connectivity index (χ1v) is 8.84. The summed E-state index contributed by atoms with van der Waals surface area (Å²) >= 11 is 0. The fourth-order valence-electron chi connectivity index (χ4n) is 3.39. The van der Waals surface area contributed by atoms with Gasteiger partial charge in [-0.3, -0.25) is 4.90 Å². The first-order valence-electron chi connectivity index (χ1n) is 8.84. The van der Waals surface area contributed by atoms with E-state index in [1.54, 1.807) is 0 Å². The molecule has 5 heteroatoms. The van der Waals surface area contributed by atoms with Crippen LogP contribution in [0.4, 0.5) is 11.4 Å². The molecule has 0 saturated carbocycles. The number of ether oxygens (including phenoxy) is 2. The Morgan fingerprint density at radius 3 is 2.83 bits per heavy atom. The molecule has 2 aliphatic heterocycles. The molecule has 5 nitrogen and oxygen atoms in total. The van der Waals surface area contributed by atoms with E-state index in [1.807, 2.05) is 6.07 Å². The number of nitrogen functional groups attached to an aromatic ring is 1. The van der Waals surface area contributed by atoms with Gasteiger partial charge in [-0.2, -0.15) is 0 Å². The van der Waals surface area contributed by atoms with E-state index in [0.717, 1.165) is 77.7 Å². The van der Waals surface area contributed by atoms with Crippen LogP contribution in [0.15, 0.2) is 18.2 Å². The third kappa shape index (κ3) is 4.83. The minimum absolute atomic E-state index is 0.789. The van der Waals surface area contributed by atoms with Crippen LogP contribution in [0.3, 0.4) is 0 Å². The molecule has 2 aliphatic rings. The number of rotatable bonds is 7. The average molecular weight is 319 g/mol. The van der Waals surface area contributed by atoms with E-state index >= 15 is 0 Å². The van der Waals surface area contributed by atoms with Crippen LogP contribution in [0.1, 0.15) is 18.4 Å². The van der Waals surface area contributed by atoms with Crippen LogP contribution in [0.25, 0.3) is 0 Å². The number of morpholine rings is 1. The lowest BCUT2D eigenvalue weighted by Crippen LogP contribution is -2.37. The molecule has 0 atom stereocenters. The van der Waals surface area contributed by atoms with Gasteiger partial charge in [-0.05, 0) is 37.0 Å². The lowest BCUT2D eigenvalue weighted by atomic mass is 10.0. The van der Waals surface area contributed by atoms with Crippen molar-refractivity contribution in [3.63, 3.8) is 0 Å². The van der Waals surface area contributed by atoms with Gasteiger partial charge in [0.1, 0.15) is 0 Å². The maximum absolute atomic E-state index is 5.94. The quantitative estimate of drug-likeness (QED) is 0.613. The standard InChI is InChI=1S/C18H29N3O2/c19-17-5-4-16-3-1-7-21(18(16)15-17)10-14-22-11-2-6-20-8-12-23-13-9-20/h4-5,15H,1-3,6-14,19H2. The maximum atomic E-state index is 5.94. The molecule has 2 heterocycles. The van der Waals surface area contributed by atoms with E-state index in [4.69, 9.17) is 15.2 Å². The van der Waals surface area contributed by atoms with Gasteiger partial charge in [-0.25, -0.2) is 0 Å².